The average Bonchev–Trinajstić information content (AvgIpc) is 2.30. The fourth-order valence-corrected chi connectivity index (χ4v) is 1.96. The molecule has 0 aliphatic rings. The Morgan fingerprint density at radius 3 is 2.81 bits per heavy atom. The minimum Gasteiger partial charge on any atom is -0.494 e. The van der Waals surface area contributed by atoms with E-state index in [1.54, 1.807) is 13.1 Å². The number of halogens is 1. The van der Waals surface area contributed by atoms with Crippen LogP contribution in [-0.4, -0.2) is 26.4 Å². The standard InChI is InChI=1S/C11H15FN2OS/c1-13-11(14-2)16-7-8-4-5-10(15-3)9(12)6-8/h4-6H,7H2,1-3H3,(H,13,14). The number of hydrogen-bond acceptors (Lipinski definition) is 3. The number of benzene rings is 1. The number of nitrogens with zero attached hydrogens (tertiary/aromatic N) is 1. The normalized spacial score (nSPS) is 11.4. The molecule has 0 saturated carbocycles. The summed E-state index contributed by atoms with van der Waals surface area (Å²) in [5, 5.41) is 3.78. The predicted octanol–water partition coefficient (Wildman–Crippen LogP) is 2.27. The molecule has 88 valence electrons. The third kappa shape index (κ3) is 3.41. The molecule has 1 N–H and O–H groups in total. The van der Waals surface area contributed by atoms with E-state index in [2.05, 4.69) is 10.3 Å². The first-order chi connectivity index (χ1) is 7.71. The van der Waals surface area contributed by atoms with Gasteiger partial charge in [0, 0.05) is 19.8 Å². The number of ether oxygens (including phenoxy) is 1. The Kier molecular flexibility index (Phi) is 5.11. The number of methoxy groups -OCH3 is 1. The molecule has 0 spiro atoms. The third-order valence-electron chi connectivity index (χ3n) is 2.01. The van der Waals surface area contributed by atoms with Gasteiger partial charge in [0.2, 0.25) is 0 Å². The highest BCUT2D eigenvalue weighted by Gasteiger charge is 2.04. The Morgan fingerprint density at radius 2 is 2.31 bits per heavy atom. The van der Waals surface area contributed by atoms with Gasteiger partial charge in [0.1, 0.15) is 0 Å². The minimum atomic E-state index is -0.333. The van der Waals surface area contributed by atoms with Crippen molar-refractivity contribution in [3.8, 4) is 5.75 Å². The molecule has 0 aliphatic carbocycles. The summed E-state index contributed by atoms with van der Waals surface area (Å²) in [5.74, 6) is 0.612. The van der Waals surface area contributed by atoms with Crippen molar-refractivity contribution in [1.29, 1.82) is 0 Å². The quantitative estimate of drug-likeness (QED) is 0.652. The van der Waals surface area contributed by atoms with Crippen molar-refractivity contribution in [2.45, 2.75) is 5.75 Å². The molecule has 0 heterocycles. The maximum Gasteiger partial charge on any atom is 0.165 e. The number of rotatable bonds is 3. The summed E-state index contributed by atoms with van der Waals surface area (Å²) < 4.78 is 18.2. The van der Waals surface area contributed by atoms with Crippen LogP contribution in [0.4, 0.5) is 4.39 Å². The van der Waals surface area contributed by atoms with Gasteiger partial charge in [-0.2, -0.15) is 0 Å². The molecule has 0 atom stereocenters. The summed E-state index contributed by atoms with van der Waals surface area (Å²) in [4.78, 5) is 4.03. The fraction of sp³-hybridized carbons (Fsp3) is 0.364. The van der Waals surface area contributed by atoms with E-state index in [1.165, 1.54) is 24.9 Å². The van der Waals surface area contributed by atoms with Gasteiger partial charge < -0.3 is 10.1 Å². The first-order valence-electron chi connectivity index (χ1n) is 4.81. The molecule has 0 aromatic heterocycles. The van der Waals surface area contributed by atoms with E-state index in [0.717, 1.165) is 10.7 Å². The second kappa shape index (κ2) is 6.37. The van der Waals surface area contributed by atoms with Crippen LogP contribution in [0, 0.1) is 5.82 Å². The SMILES string of the molecule is CN=C(NC)SCc1ccc(OC)c(F)c1. The van der Waals surface area contributed by atoms with Crippen LogP contribution in [0.15, 0.2) is 23.2 Å². The molecule has 16 heavy (non-hydrogen) atoms. The monoisotopic (exact) mass is 242 g/mol. The van der Waals surface area contributed by atoms with E-state index in [1.807, 2.05) is 13.1 Å². The van der Waals surface area contributed by atoms with E-state index in [0.29, 0.717) is 5.75 Å². The fourth-order valence-electron chi connectivity index (χ4n) is 1.20. The molecule has 0 amide bonds. The van der Waals surface area contributed by atoms with Crippen molar-refractivity contribution in [3.63, 3.8) is 0 Å². The second-order valence-corrected chi connectivity index (χ2v) is 4.00. The zero-order chi connectivity index (χ0) is 12.0. The van der Waals surface area contributed by atoms with Gasteiger partial charge in [-0.25, -0.2) is 4.39 Å². The summed E-state index contributed by atoms with van der Waals surface area (Å²) in [7, 11) is 4.98. The van der Waals surface area contributed by atoms with Crippen molar-refractivity contribution in [3.05, 3.63) is 29.6 Å². The zero-order valence-electron chi connectivity index (χ0n) is 9.58. The van der Waals surface area contributed by atoms with E-state index in [4.69, 9.17) is 4.74 Å². The maximum atomic E-state index is 13.4. The molecular weight excluding hydrogens is 227 g/mol. The van der Waals surface area contributed by atoms with Crippen molar-refractivity contribution in [2.75, 3.05) is 21.2 Å². The second-order valence-electron chi connectivity index (χ2n) is 3.04. The number of aliphatic imine (C=N–C) groups is 1. The van der Waals surface area contributed by atoms with Crippen LogP contribution in [0.1, 0.15) is 5.56 Å². The van der Waals surface area contributed by atoms with Crippen LogP contribution in [0.25, 0.3) is 0 Å². The van der Waals surface area contributed by atoms with Crippen molar-refractivity contribution in [2.24, 2.45) is 4.99 Å². The number of thioether (sulfide) groups is 1. The summed E-state index contributed by atoms with van der Waals surface area (Å²) in [6.07, 6.45) is 0. The van der Waals surface area contributed by atoms with Crippen LogP contribution in [0.2, 0.25) is 0 Å². The minimum absolute atomic E-state index is 0.270. The summed E-state index contributed by atoms with van der Waals surface area (Å²) in [6, 6.07) is 4.96. The highest BCUT2D eigenvalue weighted by atomic mass is 32.2. The van der Waals surface area contributed by atoms with Crippen LogP contribution in [0.5, 0.6) is 5.75 Å². The van der Waals surface area contributed by atoms with Crippen molar-refractivity contribution < 1.29 is 9.13 Å². The van der Waals surface area contributed by atoms with E-state index < -0.39 is 0 Å². The Balaban J connectivity index is 2.65. The molecule has 0 bridgehead atoms. The molecule has 0 fully saturated rings. The van der Waals surface area contributed by atoms with Gasteiger partial charge in [-0.15, -0.1) is 0 Å². The largest absolute Gasteiger partial charge is 0.494 e. The Morgan fingerprint density at radius 1 is 1.56 bits per heavy atom. The van der Waals surface area contributed by atoms with Crippen molar-refractivity contribution in [1.82, 2.24) is 5.32 Å². The molecule has 1 aromatic rings. The molecule has 1 aromatic carbocycles. The van der Waals surface area contributed by atoms with Crippen LogP contribution in [-0.2, 0) is 5.75 Å². The lowest BCUT2D eigenvalue weighted by atomic mass is 10.2. The van der Waals surface area contributed by atoms with Crippen LogP contribution < -0.4 is 10.1 Å². The first-order valence-corrected chi connectivity index (χ1v) is 5.79. The van der Waals surface area contributed by atoms with Gasteiger partial charge in [-0.3, -0.25) is 4.99 Å². The molecule has 3 nitrogen and oxygen atoms in total. The zero-order valence-corrected chi connectivity index (χ0v) is 10.4. The number of nitrogens with one attached hydrogen (secondary N) is 1. The lowest BCUT2D eigenvalue weighted by Crippen LogP contribution is -2.14. The highest BCUT2D eigenvalue weighted by molar-refractivity contribution is 8.13. The van der Waals surface area contributed by atoms with Gasteiger partial charge >= 0.3 is 0 Å². The molecule has 0 unspecified atom stereocenters. The number of hydrogen-bond donors (Lipinski definition) is 1. The molecule has 1 rings (SSSR count). The highest BCUT2D eigenvalue weighted by Crippen LogP contribution is 2.20. The van der Waals surface area contributed by atoms with E-state index >= 15 is 0 Å². The first kappa shape index (κ1) is 12.8. The molecule has 0 radical (unpaired) electrons. The Labute approximate surface area is 99.1 Å². The summed E-state index contributed by atoms with van der Waals surface area (Å²) in [5.41, 5.74) is 0.903. The molecular formula is C11H15FN2OS. The lowest BCUT2D eigenvalue weighted by Gasteiger charge is -2.06. The van der Waals surface area contributed by atoms with E-state index in [9.17, 15) is 4.39 Å². The lowest BCUT2D eigenvalue weighted by molar-refractivity contribution is 0.386. The van der Waals surface area contributed by atoms with Gasteiger partial charge in [-0.05, 0) is 17.7 Å². The van der Waals surface area contributed by atoms with Crippen molar-refractivity contribution >= 4 is 16.9 Å². The predicted molar refractivity (Wildman–Crippen MR) is 66.7 cm³/mol. The van der Waals surface area contributed by atoms with Crippen LogP contribution in [0.3, 0.4) is 0 Å². The number of amidine groups is 1. The van der Waals surface area contributed by atoms with Crippen LogP contribution >= 0.6 is 11.8 Å². The summed E-state index contributed by atoms with van der Waals surface area (Å²) >= 11 is 1.53. The summed E-state index contributed by atoms with van der Waals surface area (Å²) in [6.45, 7) is 0. The smallest absolute Gasteiger partial charge is 0.165 e. The van der Waals surface area contributed by atoms with E-state index in [-0.39, 0.29) is 11.6 Å². The maximum absolute atomic E-state index is 13.4. The van der Waals surface area contributed by atoms with Gasteiger partial charge in [0.25, 0.3) is 0 Å². The third-order valence-corrected chi connectivity index (χ3v) is 3.15. The van der Waals surface area contributed by atoms with Gasteiger partial charge in [-0.1, -0.05) is 17.8 Å². The van der Waals surface area contributed by atoms with Gasteiger partial charge in [0.15, 0.2) is 16.7 Å². The van der Waals surface area contributed by atoms with Gasteiger partial charge in [0.05, 0.1) is 7.11 Å². The topological polar surface area (TPSA) is 33.6 Å². The Bertz CT molecular complexity index is 382. The molecule has 0 aliphatic heterocycles. The molecule has 5 heteroatoms. The Hall–Kier alpha value is -1.23. The average molecular weight is 242 g/mol. The molecule has 0 saturated heterocycles.